The second-order valence-electron chi connectivity index (χ2n) is 4.54. The zero-order chi connectivity index (χ0) is 14.9. The Hall–Kier alpha value is -2.71. The first kappa shape index (κ1) is 13.7. The highest BCUT2D eigenvalue weighted by molar-refractivity contribution is 5.21. The van der Waals surface area contributed by atoms with Gasteiger partial charge in [-0.25, -0.2) is 4.79 Å². The summed E-state index contributed by atoms with van der Waals surface area (Å²) in [5, 5.41) is 14.9. The zero-order valence-corrected chi connectivity index (χ0v) is 10.9. The lowest BCUT2D eigenvalue weighted by molar-refractivity contribution is -0.386. The Morgan fingerprint density at radius 1 is 1.45 bits per heavy atom. The molecule has 0 radical (unpaired) electrons. The van der Waals surface area contributed by atoms with Crippen LogP contribution in [0.1, 0.15) is 25.6 Å². The predicted molar refractivity (Wildman–Crippen MR) is 69.7 cm³/mol. The molecule has 0 bridgehead atoms. The van der Waals surface area contributed by atoms with Gasteiger partial charge in [-0.2, -0.15) is 5.10 Å². The fourth-order valence-corrected chi connectivity index (χ4v) is 1.67. The summed E-state index contributed by atoms with van der Waals surface area (Å²) >= 11 is 0. The molecule has 106 valence electrons. The Balaban J connectivity index is 2.37. The molecule has 9 heteroatoms. The molecule has 2 heterocycles. The Labute approximate surface area is 112 Å². The van der Waals surface area contributed by atoms with Crippen LogP contribution >= 0.6 is 0 Å². The maximum absolute atomic E-state index is 11.6. The molecule has 0 aromatic carbocycles. The molecule has 2 aromatic heterocycles. The van der Waals surface area contributed by atoms with Gasteiger partial charge in [0, 0.05) is 12.2 Å². The lowest BCUT2D eigenvalue weighted by atomic mass is 10.4. The van der Waals surface area contributed by atoms with Gasteiger partial charge in [-0.1, -0.05) is 0 Å². The van der Waals surface area contributed by atoms with Crippen LogP contribution in [0.15, 0.2) is 28.0 Å². The van der Waals surface area contributed by atoms with E-state index in [1.54, 1.807) is 16.9 Å². The van der Waals surface area contributed by atoms with Crippen LogP contribution in [0.4, 0.5) is 5.69 Å². The van der Waals surface area contributed by atoms with Gasteiger partial charge in [0.1, 0.15) is 0 Å². The molecule has 0 aliphatic carbocycles. The SMILES string of the molecule is CC(C)n1ccc(Cn2cc([N+](=O)[O-])c(=O)[nH]c2=O)n1. The number of rotatable bonds is 4. The van der Waals surface area contributed by atoms with Crippen molar-refractivity contribution in [3.05, 3.63) is 55.1 Å². The molecule has 0 unspecified atom stereocenters. The van der Waals surface area contributed by atoms with Gasteiger partial charge in [0.25, 0.3) is 0 Å². The second kappa shape index (κ2) is 5.11. The molecule has 0 saturated heterocycles. The summed E-state index contributed by atoms with van der Waals surface area (Å²) in [5.41, 5.74) is -1.82. The minimum atomic E-state index is -1.01. The Bertz CT molecular complexity index is 755. The van der Waals surface area contributed by atoms with E-state index in [-0.39, 0.29) is 12.6 Å². The lowest BCUT2D eigenvalue weighted by Crippen LogP contribution is -2.31. The van der Waals surface area contributed by atoms with Crippen LogP contribution in [0.5, 0.6) is 0 Å². The molecule has 9 nitrogen and oxygen atoms in total. The van der Waals surface area contributed by atoms with Gasteiger partial charge >= 0.3 is 16.9 Å². The van der Waals surface area contributed by atoms with Gasteiger partial charge in [0.15, 0.2) is 0 Å². The van der Waals surface area contributed by atoms with Gasteiger partial charge in [-0.3, -0.25) is 29.1 Å². The van der Waals surface area contributed by atoms with Crippen molar-refractivity contribution in [2.45, 2.75) is 26.4 Å². The monoisotopic (exact) mass is 279 g/mol. The molecule has 20 heavy (non-hydrogen) atoms. The molecule has 2 aromatic rings. The average Bonchev–Trinajstić information content (AvgIpc) is 2.80. The van der Waals surface area contributed by atoms with Crippen molar-refractivity contribution in [2.24, 2.45) is 0 Å². The van der Waals surface area contributed by atoms with E-state index in [1.807, 2.05) is 18.8 Å². The van der Waals surface area contributed by atoms with E-state index in [4.69, 9.17) is 0 Å². The van der Waals surface area contributed by atoms with Gasteiger partial charge < -0.3 is 0 Å². The highest BCUT2D eigenvalue weighted by Crippen LogP contribution is 2.06. The van der Waals surface area contributed by atoms with E-state index in [2.05, 4.69) is 5.10 Å². The molecule has 1 N–H and O–H groups in total. The minimum absolute atomic E-state index is 0.0518. The Kier molecular flexibility index (Phi) is 3.51. The third-order valence-corrected chi connectivity index (χ3v) is 2.71. The van der Waals surface area contributed by atoms with Gasteiger partial charge in [0.05, 0.1) is 23.4 Å². The topological polar surface area (TPSA) is 116 Å². The highest BCUT2D eigenvalue weighted by Gasteiger charge is 2.15. The van der Waals surface area contributed by atoms with Crippen molar-refractivity contribution in [2.75, 3.05) is 0 Å². The molecule has 2 rings (SSSR count). The number of aromatic amines is 1. The van der Waals surface area contributed by atoms with Crippen molar-refractivity contribution < 1.29 is 4.92 Å². The van der Waals surface area contributed by atoms with E-state index in [1.165, 1.54) is 0 Å². The molecule has 0 spiro atoms. The van der Waals surface area contributed by atoms with Gasteiger partial charge in [-0.05, 0) is 19.9 Å². The number of H-pyrrole nitrogens is 1. The number of nitro groups is 1. The molecule has 0 aliphatic rings. The molecule has 0 fully saturated rings. The van der Waals surface area contributed by atoms with Gasteiger partial charge in [0.2, 0.25) is 0 Å². The van der Waals surface area contributed by atoms with E-state index < -0.39 is 21.9 Å². The van der Waals surface area contributed by atoms with E-state index in [0.29, 0.717) is 5.69 Å². The molecular weight excluding hydrogens is 266 g/mol. The summed E-state index contributed by atoms with van der Waals surface area (Å²) in [6, 6.07) is 1.88. The number of aromatic nitrogens is 4. The van der Waals surface area contributed by atoms with Crippen LogP contribution in [-0.2, 0) is 6.54 Å². The third kappa shape index (κ3) is 2.66. The fourth-order valence-electron chi connectivity index (χ4n) is 1.67. The first-order valence-electron chi connectivity index (χ1n) is 5.90. The maximum atomic E-state index is 11.6. The van der Waals surface area contributed by atoms with Crippen LogP contribution < -0.4 is 11.2 Å². The normalized spacial score (nSPS) is 10.9. The van der Waals surface area contributed by atoms with Crippen molar-refractivity contribution in [3.8, 4) is 0 Å². The molecule has 0 saturated carbocycles. The first-order chi connectivity index (χ1) is 9.38. The molecule has 0 atom stereocenters. The lowest BCUT2D eigenvalue weighted by Gasteiger charge is -2.04. The largest absolute Gasteiger partial charge is 0.350 e. The fraction of sp³-hybridized carbons (Fsp3) is 0.364. The Morgan fingerprint density at radius 2 is 2.15 bits per heavy atom. The number of nitrogens with zero attached hydrogens (tertiary/aromatic N) is 4. The molecule has 0 amide bonds. The number of hydrogen-bond acceptors (Lipinski definition) is 5. The minimum Gasteiger partial charge on any atom is -0.288 e. The van der Waals surface area contributed by atoms with E-state index in [9.17, 15) is 19.7 Å². The van der Waals surface area contributed by atoms with Crippen LogP contribution in [0, 0.1) is 10.1 Å². The van der Waals surface area contributed by atoms with Crippen LogP contribution in [-0.4, -0.2) is 24.3 Å². The second-order valence-corrected chi connectivity index (χ2v) is 4.54. The number of nitrogens with one attached hydrogen (secondary N) is 1. The summed E-state index contributed by atoms with van der Waals surface area (Å²) in [7, 11) is 0. The standard InChI is InChI=1S/C11H13N5O4/c1-7(2)15-4-3-8(13-15)5-14-6-9(16(19)20)10(17)12-11(14)18/h3-4,6-7H,5H2,1-2H3,(H,12,17,18). The van der Waals surface area contributed by atoms with Crippen LogP contribution in [0.2, 0.25) is 0 Å². The summed E-state index contributed by atoms with van der Waals surface area (Å²) in [6.45, 7) is 3.96. The smallest absolute Gasteiger partial charge is 0.288 e. The third-order valence-electron chi connectivity index (χ3n) is 2.71. The van der Waals surface area contributed by atoms with Crippen LogP contribution in [0.3, 0.4) is 0 Å². The van der Waals surface area contributed by atoms with Crippen molar-refractivity contribution in [1.82, 2.24) is 19.3 Å². The first-order valence-corrected chi connectivity index (χ1v) is 5.90. The van der Waals surface area contributed by atoms with Crippen molar-refractivity contribution in [3.63, 3.8) is 0 Å². The van der Waals surface area contributed by atoms with E-state index >= 15 is 0 Å². The average molecular weight is 279 g/mol. The summed E-state index contributed by atoms with van der Waals surface area (Å²) in [6.07, 6.45) is 2.68. The summed E-state index contributed by atoms with van der Waals surface area (Å²) in [4.78, 5) is 34.6. The maximum Gasteiger partial charge on any atom is 0.350 e. The molecule has 0 aliphatic heterocycles. The predicted octanol–water partition coefficient (Wildman–Crippen LogP) is 0.271. The highest BCUT2D eigenvalue weighted by atomic mass is 16.6. The van der Waals surface area contributed by atoms with E-state index in [0.717, 1.165) is 10.8 Å². The number of hydrogen-bond donors (Lipinski definition) is 1. The van der Waals surface area contributed by atoms with Crippen LogP contribution in [0.25, 0.3) is 0 Å². The molecular formula is C11H13N5O4. The summed E-state index contributed by atoms with van der Waals surface area (Å²) < 4.78 is 2.76. The quantitative estimate of drug-likeness (QED) is 0.637. The van der Waals surface area contributed by atoms with Gasteiger partial charge in [-0.15, -0.1) is 0 Å². The Morgan fingerprint density at radius 3 is 2.70 bits per heavy atom. The van der Waals surface area contributed by atoms with Crippen molar-refractivity contribution in [1.29, 1.82) is 0 Å². The van der Waals surface area contributed by atoms with Crippen molar-refractivity contribution >= 4 is 5.69 Å². The summed E-state index contributed by atoms with van der Waals surface area (Å²) in [5.74, 6) is 0. The zero-order valence-electron chi connectivity index (χ0n) is 10.9.